The van der Waals surface area contributed by atoms with E-state index in [9.17, 15) is 18.0 Å². The van der Waals surface area contributed by atoms with Gasteiger partial charge in [0.15, 0.2) is 0 Å². The van der Waals surface area contributed by atoms with Crippen LogP contribution in [0, 0.1) is 0 Å². The molecule has 0 spiro atoms. The van der Waals surface area contributed by atoms with E-state index in [-0.39, 0.29) is 12.8 Å². The number of nitrogens with one attached hydrogen (secondary N) is 3. The van der Waals surface area contributed by atoms with Crippen molar-refractivity contribution in [1.82, 2.24) is 15.5 Å². The van der Waals surface area contributed by atoms with E-state index in [1.807, 2.05) is 30.3 Å². The topological polar surface area (TPSA) is 134 Å². The molecule has 4 N–H and O–H groups in total. The van der Waals surface area contributed by atoms with Crippen LogP contribution >= 0.6 is 0 Å². The van der Waals surface area contributed by atoms with Crippen molar-refractivity contribution in [2.45, 2.75) is 37.0 Å². The number of hydroxylamine groups is 1. The molecule has 2 atom stereocenters. The Morgan fingerprint density at radius 3 is 2.25 bits per heavy atom. The van der Waals surface area contributed by atoms with Crippen molar-refractivity contribution in [2.75, 3.05) is 14.2 Å². The molecule has 2 aromatic carbocycles. The smallest absolute Gasteiger partial charge is 0.244 e. The summed E-state index contributed by atoms with van der Waals surface area (Å²) in [7, 11) is -1.14. The summed E-state index contributed by atoms with van der Waals surface area (Å²) in [5, 5.41) is 10.2. The SMILES string of the molecule is CNC(=O)[C@H](Cc1ccc(OC)cc1)NS(=O)(=O)C(CCc1ccccc1)CC(=O)NO. The summed E-state index contributed by atoms with van der Waals surface area (Å²) >= 11 is 0. The van der Waals surface area contributed by atoms with Crippen LogP contribution in [0.3, 0.4) is 0 Å². The third kappa shape index (κ3) is 7.63. The van der Waals surface area contributed by atoms with E-state index in [4.69, 9.17) is 9.94 Å². The first-order valence-electron chi connectivity index (χ1n) is 10.1. The number of benzene rings is 2. The zero-order valence-electron chi connectivity index (χ0n) is 18.1. The molecule has 0 fully saturated rings. The van der Waals surface area contributed by atoms with Crippen molar-refractivity contribution in [2.24, 2.45) is 0 Å². The highest BCUT2D eigenvalue weighted by Gasteiger charge is 2.32. The molecule has 1 unspecified atom stereocenters. The highest BCUT2D eigenvalue weighted by atomic mass is 32.2. The molecule has 2 aromatic rings. The lowest BCUT2D eigenvalue weighted by molar-refractivity contribution is -0.129. The normalized spacial score (nSPS) is 13.1. The minimum atomic E-state index is -4.09. The number of sulfonamides is 1. The Bertz CT molecular complexity index is 980. The summed E-state index contributed by atoms with van der Waals surface area (Å²) in [6.45, 7) is 0. The van der Waals surface area contributed by atoms with Gasteiger partial charge in [-0.05, 0) is 42.5 Å². The van der Waals surface area contributed by atoms with Gasteiger partial charge in [-0.25, -0.2) is 18.6 Å². The largest absolute Gasteiger partial charge is 0.497 e. The Morgan fingerprint density at radius 2 is 1.69 bits per heavy atom. The molecular formula is C22H29N3O6S. The number of aryl methyl sites for hydroxylation is 1. The molecule has 0 aromatic heterocycles. The summed E-state index contributed by atoms with van der Waals surface area (Å²) in [5.41, 5.74) is 3.13. The monoisotopic (exact) mass is 463 g/mol. The Labute approximate surface area is 188 Å². The van der Waals surface area contributed by atoms with Crippen LogP contribution in [-0.2, 0) is 32.5 Å². The average Bonchev–Trinajstić information content (AvgIpc) is 2.81. The highest BCUT2D eigenvalue weighted by Crippen LogP contribution is 2.17. The molecule has 10 heteroatoms. The van der Waals surface area contributed by atoms with Crippen molar-refractivity contribution in [3.8, 4) is 5.75 Å². The second kappa shape index (κ2) is 12.2. The number of amides is 2. The number of likely N-dealkylation sites (N-methyl/N-ethyl adjacent to an activating group) is 1. The maximum atomic E-state index is 13.2. The van der Waals surface area contributed by atoms with Crippen LogP contribution in [0.5, 0.6) is 5.75 Å². The van der Waals surface area contributed by atoms with Crippen LogP contribution in [0.2, 0.25) is 0 Å². The standard InChI is InChI=1S/C22H29N3O6S/c1-23-22(27)20(14-17-8-11-18(31-2)12-9-17)25-32(29,30)19(15-21(26)24-28)13-10-16-6-4-3-5-7-16/h3-9,11-12,19-20,25,28H,10,13-15H2,1-2H3,(H,23,27)(H,24,26)/t19?,20-/m0/s1. The maximum Gasteiger partial charge on any atom is 0.244 e. The molecule has 0 bridgehead atoms. The lowest BCUT2D eigenvalue weighted by Gasteiger charge is -2.22. The number of ether oxygens (including phenoxy) is 1. The van der Waals surface area contributed by atoms with E-state index in [0.717, 1.165) is 11.1 Å². The number of hydrogen-bond acceptors (Lipinski definition) is 6. The van der Waals surface area contributed by atoms with Gasteiger partial charge < -0.3 is 10.1 Å². The minimum absolute atomic E-state index is 0.112. The van der Waals surface area contributed by atoms with Crippen molar-refractivity contribution in [3.63, 3.8) is 0 Å². The zero-order valence-corrected chi connectivity index (χ0v) is 18.9. The predicted octanol–water partition coefficient (Wildman–Crippen LogP) is 1.17. The quantitative estimate of drug-likeness (QED) is 0.276. The Balaban J connectivity index is 2.20. The van der Waals surface area contributed by atoms with Crippen LogP contribution in [0.15, 0.2) is 54.6 Å². The lowest BCUT2D eigenvalue weighted by atomic mass is 10.1. The van der Waals surface area contributed by atoms with Gasteiger partial charge in [-0.1, -0.05) is 42.5 Å². The number of rotatable bonds is 12. The molecule has 32 heavy (non-hydrogen) atoms. The summed E-state index contributed by atoms with van der Waals surface area (Å²) in [5.74, 6) is -0.681. The molecule has 0 aliphatic carbocycles. The second-order valence-corrected chi connectivity index (χ2v) is 9.26. The molecule has 2 rings (SSSR count). The molecular weight excluding hydrogens is 434 g/mol. The molecule has 9 nitrogen and oxygen atoms in total. The maximum absolute atomic E-state index is 13.2. The van der Waals surface area contributed by atoms with Gasteiger partial charge in [0.2, 0.25) is 21.8 Å². The summed E-state index contributed by atoms with van der Waals surface area (Å²) in [6.07, 6.45) is 0.214. The average molecular weight is 464 g/mol. The fourth-order valence-electron chi connectivity index (χ4n) is 3.25. The van der Waals surface area contributed by atoms with Crippen molar-refractivity contribution >= 4 is 21.8 Å². The van der Waals surface area contributed by atoms with Crippen LogP contribution in [0.1, 0.15) is 24.0 Å². The van der Waals surface area contributed by atoms with Crippen LogP contribution in [-0.4, -0.2) is 50.9 Å². The molecule has 0 saturated heterocycles. The number of hydrogen-bond donors (Lipinski definition) is 4. The van der Waals surface area contributed by atoms with Crippen LogP contribution < -0.4 is 20.3 Å². The lowest BCUT2D eigenvalue weighted by Crippen LogP contribution is -2.50. The van der Waals surface area contributed by atoms with Crippen molar-refractivity contribution in [1.29, 1.82) is 0 Å². The van der Waals surface area contributed by atoms with Crippen molar-refractivity contribution < 1.29 is 28.0 Å². The first-order valence-corrected chi connectivity index (χ1v) is 11.7. The van der Waals surface area contributed by atoms with E-state index in [1.165, 1.54) is 19.6 Å². The number of methoxy groups -OCH3 is 1. The second-order valence-electron chi connectivity index (χ2n) is 7.27. The zero-order chi connectivity index (χ0) is 23.6. The number of carbonyl (C=O) groups excluding carboxylic acids is 2. The Morgan fingerprint density at radius 1 is 1.03 bits per heavy atom. The Hall–Kier alpha value is -2.95. The first kappa shape index (κ1) is 25.3. The summed E-state index contributed by atoms with van der Waals surface area (Å²) < 4.78 is 33.9. The van der Waals surface area contributed by atoms with Gasteiger partial charge in [0, 0.05) is 13.5 Å². The number of carbonyl (C=O) groups is 2. The molecule has 0 radical (unpaired) electrons. The van der Waals surface area contributed by atoms with Gasteiger partial charge in [0.05, 0.1) is 12.4 Å². The van der Waals surface area contributed by atoms with Gasteiger partial charge in [0.25, 0.3) is 0 Å². The van der Waals surface area contributed by atoms with Gasteiger partial charge in [-0.2, -0.15) is 0 Å². The van der Waals surface area contributed by atoms with Gasteiger partial charge in [0.1, 0.15) is 11.8 Å². The van der Waals surface area contributed by atoms with Gasteiger partial charge in [-0.15, -0.1) is 0 Å². The summed E-state index contributed by atoms with van der Waals surface area (Å²) in [6, 6.07) is 15.1. The third-order valence-corrected chi connectivity index (χ3v) is 6.94. The molecule has 0 heterocycles. The first-order chi connectivity index (χ1) is 15.3. The predicted molar refractivity (Wildman–Crippen MR) is 120 cm³/mol. The van der Waals surface area contributed by atoms with Crippen LogP contribution in [0.25, 0.3) is 0 Å². The van der Waals surface area contributed by atoms with E-state index >= 15 is 0 Å². The fourth-order valence-corrected chi connectivity index (χ4v) is 4.82. The van der Waals surface area contributed by atoms with Crippen LogP contribution in [0.4, 0.5) is 0 Å². The molecule has 0 saturated carbocycles. The van der Waals surface area contributed by atoms with E-state index in [1.54, 1.807) is 24.3 Å². The van der Waals surface area contributed by atoms with E-state index in [0.29, 0.717) is 12.2 Å². The molecule has 0 aliphatic rings. The highest BCUT2D eigenvalue weighted by molar-refractivity contribution is 7.90. The molecule has 2 amide bonds. The fraction of sp³-hybridized carbons (Fsp3) is 0.364. The summed E-state index contributed by atoms with van der Waals surface area (Å²) in [4.78, 5) is 24.2. The molecule has 174 valence electrons. The third-order valence-electron chi connectivity index (χ3n) is 5.04. The van der Waals surface area contributed by atoms with E-state index < -0.39 is 39.6 Å². The van der Waals surface area contributed by atoms with Gasteiger partial charge >= 0.3 is 0 Å². The van der Waals surface area contributed by atoms with Gasteiger partial charge in [-0.3, -0.25) is 14.8 Å². The van der Waals surface area contributed by atoms with E-state index in [2.05, 4.69) is 10.0 Å². The molecule has 0 aliphatic heterocycles. The van der Waals surface area contributed by atoms with Crippen molar-refractivity contribution in [3.05, 3.63) is 65.7 Å². The minimum Gasteiger partial charge on any atom is -0.497 e. The Kier molecular flexibility index (Phi) is 9.63.